The second-order valence-electron chi connectivity index (χ2n) is 5.79. The van der Waals surface area contributed by atoms with Crippen molar-refractivity contribution < 1.29 is 4.79 Å². The molecule has 0 saturated heterocycles. The predicted octanol–water partition coefficient (Wildman–Crippen LogP) is 2.63. The lowest BCUT2D eigenvalue weighted by Gasteiger charge is -2.26. The van der Waals surface area contributed by atoms with E-state index in [9.17, 15) is 4.79 Å². The summed E-state index contributed by atoms with van der Waals surface area (Å²) < 4.78 is 0. The highest BCUT2D eigenvalue weighted by atomic mass is 16.2. The van der Waals surface area contributed by atoms with Crippen LogP contribution in [0.3, 0.4) is 0 Å². The lowest BCUT2D eigenvalue weighted by atomic mass is 9.95. The molecule has 100 valence electrons. The topological polar surface area (TPSA) is 55.1 Å². The highest BCUT2D eigenvalue weighted by molar-refractivity contribution is 5.85. The van der Waals surface area contributed by atoms with Crippen LogP contribution in [0.5, 0.6) is 0 Å². The van der Waals surface area contributed by atoms with Crippen LogP contribution in [0.1, 0.15) is 45.7 Å². The van der Waals surface area contributed by atoms with Gasteiger partial charge in [-0.3, -0.25) is 4.79 Å². The molecule has 3 nitrogen and oxygen atoms in total. The van der Waals surface area contributed by atoms with E-state index < -0.39 is 5.54 Å². The maximum absolute atomic E-state index is 12.0. The van der Waals surface area contributed by atoms with Gasteiger partial charge in [-0.15, -0.1) is 0 Å². The standard InChI is InChI=1S/C15H24N2O/c1-11(2)10-13(12-8-6-5-7-9-12)17-14(18)15(3,4)16/h5-9,11,13H,10,16H2,1-4H3,(H,17,18). The van der Waals surface area contributed by atoms with Crippen LogP contribution in [0.25, 0.3) is 0 Å². The molecule has 1 aromatic rings. The summed E-state index contributed by atoms with van der Waals surface area (Å²) >= 11 is 0. The molecular formula is C15H24N2O. The summed E-state index contributed by atoms with van der Waals surface area (Å²) in [5, 5.41) is 3.04. The molecular weight excluding hydrogens is 224 g/mol. The Morgan fingerprint density at radius 1 is 1.28 bits per heavy atom. The lowest BCUT2D eigenvalue weighted by molar-refractivity contribution is -0.126. The molecule has 0 aromatic heterocycles. The molecule has 0 aliphatic carbocycles. The van der Waals surface area contributed by atoms with E-state index in [2.05, 4.69) is 19.2 Å². The molecule has 0 saturated carbocycles. The number of hydrogen-bond acceptors (Lipinski definition) is 2. The highest BCUT2D eigenvalue weighted by Gasteiger charge is 2.25. The van der Waals surface area contributed by atoms with E-state index >= 15 is 0 Å². The number of benzene rings is 1. The maximum Gasteiger partial charge on any atom is 0.239 e. The first kappa shape index (κ1) is 14.7. The fraction of sp³-hybridized carbons (Fsp3) is 0.533. The zero-order valence-corrected chi connectivity index (χ0v) is 11.7. The molecule has 0 radical (unpaired) electrons. The van der Waals surface area contributed by atoms with Crippen molar-refractivity contribution in [1.29, 1.82) is 0 Å². The van der Waals surface area contributed by atoms with Crippen molar-refractivity contribution >= 4 is 5.91 Å². The average Bonchev–Trinajstić information content (AvgIpc) is 2.27. The molecule has 3 N–H and O–H groups in total. The molecule has 0 aliphatic rings. The third kappa shape index (κ3) is 4.49. The van der Waals surface area contributed by atoms with Crippen LogP contribution in [0.2, 0.25) is 0 Å². The Kier molecular flexibility index (Phi) is 4.91. The summed E-state index contributed by atoms with van der Waals surface area (Å²) in [6.07, 6.45) is 0.909. The Hall–Kier alpha value is -1.35. The molecule has 0 fully saturated rings. The molecule has 0 heterocycles. The van der Waals surface area contributed by atoms with Gasteiger partial charge in [0.25, 0.3) is 0 Å². The van der Waals surface area contributed by atoms with Gasteiger partial charge in [0.15, 0.2) is 0 Å². The molecule has 18 heavy (non-hydrogen) atoms. The average molecular weight is 248 g/mol. The van der Waals surface area contributed by atoms with Gasteiger partial charge in [0.05, 0.1) is 11.6 Å². The van der Waals surface area contributed by atoms with E-state index in [1.54, 1.807) is 13.8 Å². The Morgan fingerprint density at radius 3 is 2.28 bits per heavy atom. The molecule has 1 aromatic carbocycles. The maximum atomic E-state index is 12.0. The minimum Gasteiger partial charge on any atom is -0.348 e. The minimum absolute atomic E-state index is 0.0292. The lowest BCUT2D eigenvalue weighted by Crippen LogP contribution is -2.50. The van der Waals surface area contributed by atoms with Gasteiger partial charge in [-0.1, -0.05) is 44.2 Å². The zero-order valence-electron chi connectivity index (χ0n) is 11.7. The normalized spacial score (nSPS) is 13.4. The second kappa shape index (κ2) is 6.01. The predicted molar refractivity (Wildman–Crippen MR) is 75.0 cm³/mol. The summed E-state index contributed by atoms with van der Waals surface area (Å²) in [5.74, 6) is 0.397. The van der Waals surface area contributed by atoms with Gasteiger partial charge in [-0.2, -0.15) is 0 Å². The molecule has 1 rings (SSSR count). The Morgan fingerprint density at radius 2 is 1.83 bits per heavy atom. The summed E-state index contributed by atoms with van der Waals surface area (Å²) in [7, 11) is 0. The monoisotopic (exact) mass is 248 g/mol. The number of amides is 1. The number of carbonyl (C=O) groups excluding carboxylic acids is 1. The van der Waals surface area contributed by atoms with Crippen LogP contribution in [0.15, 0.2) is 30.3 Å². The number of nitrogens with one attached hydrogen (secondary N) is 1. The summed E-state index contributed by atoms with van der Waals surface area (Å²) in [6.45, 7) is 7.74. The van der Waals surface area contributed by atoms with E-state index in [0.717, 1.165) is 12.0 Å². The Labute approximate surface area is 110 Å². The Bertz CT molecular complexity index is 379. The molecule has 0 aliphatic heterocycles. The number of rotatable bonds is 5. The quantitative estimate of drug-likeness (QED) is 0.841. The van der Waals surface area contributed by atoms with Crippen molar-refractivity contribution in [2.75, 3.05) is 0 Å². The second-order valence-corrected chi connectivity index (χ2v) is 5.79. The van der Waals surface area contributed by atoms with Gasteiger partial charge in [0.1, 0.15) is 0 Å². The van der Waals surface area contributed by atoms with Gasteiger partial charge in [-0.05, 0) is 31.7 Å². The molecule has 1 amide bonds. The van der Waals surface area contributed by atoms with E-state index in [1.165, 1.54) is 0 Å². The first-order valence-corrected chi connectivity index (χ1v) is 6.45. The number of nitrogens with two attached hydrogens (primary N) is 1. The van der Waals surface area contributed by atoms with Crippen molar-refractivity contribution in [3.63, 3.8) is 0 Å². The van der Waals surface area contributed by atoms with Crippen molar-refractivity contribution in [1.82, 2.24) is 5.32 Å². The van der Waals surface area contributed by atoms with Crippen LogP contribution in [-0.4, -0.2) is 11.4 Å². The van der Waals surface area contributed by atoms with Crippen LogP contribution >= 0.6 is 0 Å². The molecule has 3 heteroatoms. The van der Waals surface area contributed by atoms with Crippen molar-refractivity contribution in [3.05, 3.63) is 35.9 Å². The van der Waals surface area contributed by atoms with Crippen LogP contribution in [0, 0.1) is 5.92 Å². The van der Waals surface area contributed by atoms with Crippen molar-refractivity contribution in [2.45, 2.75) is 45.7 Å². The number of hydrogen-bond donors (Lipinski definition) is 2. The van der Waals surface area contributed by atoms with Crippen LogP contribution < -0.4 is 11.1 Å². The summed E-state index contributed by atoms with van der Waals surface area (Å²) in [5.41, 5.74) is 6.11. The van der Waals surface area contributed by atoms with E-state index in [1.807, 2.05) is 30.3 Å². The van der Waals surface area contributed by atoms with Crippen LogP contribution in [-0.2, 0) is 4.79 Å². The van der Waals surface area contributed by atoms with Gasteiger partial charge in [-0.25, -0.2) is 0 Å². The van der Waals surface area contributed by atoms with Crippen molar-refractivity contribution in [2.24, 2.45) is 11.7 Å². The number of carbonyl (C=O) groups is 1. The third-order valence-corrected chi connectivity index (χ3v) is 2.80. The Balaban J connectivity index is 2.84. The highest BCUT2D eigenvalue weighted by Crippen LogP contribution is 2.21. The molecule has 1 atom stereocenters. The van der Waals surface area contributed by atoms with Crippen LogP contribution in [0.4, 0.5) is 0 Å². The first-order valence-electron chi connectivity index (χ1n) is 6.45. The van der Waals surface area contributed by atoms with Gasteiger partial charge in [0.2, 0.25) is 5.91 Å². The van der Waals surface area contributed by atoms with E-state index in [-0.39, 0.29) is 11.9 Å². The largest absolute Gasteiger partial charge is 0.348 e. The van der Waals surface area contributed by atoms with E-state index in [4.69, 9.17) is 5.73 Å². The summed E-state index contributed by atoms with van der Waals surface area (Å²) in [6, 6.07) is 10.1. The van der Waals surface area contributed by atoms with Crippen molar-refractivity contribution in [3.8, 4) is 0 Å². The fourth-order valence-electron chi connectivity index (χ4n) is 1.78. The van der Waals surface area contributed by atoms with E-state index in [0.29, 0.717) is 5.92 Å². The molecule has 1 unspecified atom stereocenters. The smallest absolute Gasteiger partial charge is 0.239 e. The van der Waals surface area contributed by atoms with Gasteiger partial charge < -0.3 is 11.1 Å². The van der Waals surface area contributed by atoms with Gasteiger partial charge in [0, 0.05) is 0 Å². The molecule has 0 spiro atoms. The minimum atomic E-state index is -0.843. The van der Waals surface area contributed by atoms with Gasteiger partial charge >= 0.3 is 0 Å². The zero-order chi connectivity index (χ0) is 13.8. The first-order chi connectivity index (χ1) is 8.30. The SMILES string of the molecule is CC(C)CC(NC(=O)C(C)(C)N)c1ccccc1. The summed E-state index contributed by atoms with van der Waals surface area (Å²) in [4.78, 5) is 12.0. The molecule has 0 bridgehead atoms. The fourth-order valence-corrected chi connectivity index (χ4v) is 1.78. The third-order valence-electron chi connectivity index (χ3n) is 2.80.